The fourth-order valence-electron chi connectivity index (χ4n) is 1.74. The minimum absolute atomic E-state index is 0.140. The van der Waals surface area contributed by atoms with Crippen LogP contribution in [-0.2, 0) is 9.53 Å². The van der Waals surface area contributed by atoms with Crippen molar-refractivity contribution in [3.63, 3.8) is 0 Å². The summed E-state index contributed by atoms with van der Waals surface area (Å²) in [5.41, 5.74) is -4.05. The van der Waals surface area contributed by atoms with Crippen LogP contribution in [0.15, 0.2) is 48.4 Å². The van der Waals surface area contributed by atoms with E-state index in [-0.39, 0.29) is 11.3 Å². The molecule has 0 N–H and O–H groups in total. The molecule has 0 spiro atoms. The second kappa shape index (κ2) is 7.70. The number of hydrogen-bond donors (Lipinski definition) is 0. The molecule has 0 fully saturated rings. The first kappa shape index (κ1) is 9.39. The molecule has 25 heavy (non-hydrogen) atoms. The minimum atomic E-state index is -3.47. The lowest BCUT2D eigenvalue weighted by Gasteiger charge is -2.25. The molecule has 2 aromatic rings. The van der Waals surface area contributed by atoms with Gasteiger partial charge in [-0.15, -0.1) is 0 Å². The summed E-state index contributed by atoms with van der Waals surface area (Å²) in [6.45, 7) is -4.14. The van der Waals surface area contributed by atoms with Crippen LogP contribution in [-0.4, -0.2) is 23.5 Å². The Balaban J connectivity index is 2.54. The Hall–Kier alpha value is -2.33. The van der Waals surface area contributed by atoms with Crippen molar-refractivity contribution in [2.75, 3.05) is 0 Å². The molecule has 0 unspecified atom stereocenters. The van der Waals surface area contributed by atoms with Crippen molar-refractivity contribution in [2.45, 2.75) is 39.3 Å². The number of rotatable bonds is 6. The molecule has 0 aliphatic carbocycles. The van der Waals surface area contributed by atoms with Crippen molar-refractivity contribution in [1.29, 1.82) is 0 Å². The Labute approximate surface area is 166 Å². The van der Waals surface area contributed by atoms with Crippen LogP contribution in [0.1, 0.15) is 57.2 Å². The van der Waals surface area contributed by atoms with E-state index in [9.17, 15) is 9.59 Å². The van der Waals surface area contributed by atoms with Crippen molar-refractivity contribution in [1.82, 2.24) is 0 Å². The van der Waals surface area contributed by atoms with Crippen LogP contribution < -0.4 is 4.74 Å². The molecule has 0 saturated carbocycles. The first-order valence-electron chi connectivity index (χ1n) is 12.2. The van der Waals surface area contributed by atoms with Gasteiger partial charge in [-0.05, 0) is 76.0 Å². The summed E-state index contributed by atoms with van der Waals surface area (Å²) in [5.74, 6) is -2.90. The Morgan fingerprint density at radius 3 is 2.20 bits per heavy atom. The van der Waals surface area contributed by atoms with Crippen LogP contribution >= 0.6 is 11.6 Å². The molecule has 0 atom stereocenters. The summed E-state index contributed by atoms with van der Waals surface area (Å²) in [7, 11) is 0. The molecule has 0 aromatic heterocycles. The zero-order valence-electron chi connectivity index (χ0n) is 23.4. The van der Waals surface area contributed by atoms with Gasteiger partial charge >= 0.3 is 5.97 Å². The van der Waals surface area contributed by atoms with E-state index < -0.39 is 71.9 Å². The highest BCUT2D eigenvalue weighted by molar-refractivity contribution is 6.30. The third-order valence-corrected chi connectivity index (χ3v) is 3.03. The lowest BCUT2D eigenvalue weighted by molar-refractivity contribution is -0.163. The lowest BCUT2D eigenvalue weighted by atomic mass is 10.0. The number of benzene rings is 2. The molecule has 0 aliphatic heterocycles. The van der Waals surface area contributed by atoms with Crippen LogP contribution in [0.2, 0.25) is 5.02 Å². The van der Waals surface area contributed by atoms with Crippen molar-refractivity contribution in [3.05, 3.63) is 64.6 Å². The number of ether oxygens (including phenoxy) is 2. The standard InChI is InChI=1S/C20H21ClO4/c1-13(2)24-19(23)20(3,4)25-17-11-7-15(8-12-17)18(22)14-5-9-16(21)10-6-14/h5-13H,1-4H3/i3D3,4D3,5D,6D,9D,10D. The number of halogens is 1. The SMILES string of the molecule is [2H]c1c([2H])c(C(=O)c2ccc(OC(C(=O)OC(C)C)(C([2H])([2H])[2H])C([2H])([2H])[2H])cc2)c([2H])c([2H])c1Cl. The summed E-state index contributed by atoms with van der Waals surface area (Å²) in [4.78, 5) is 25.6. The molecule has 132 valence electrons. The Kier molecular flexibility index (Phi) is 2.89. The minimum Gasteiger partial charge on any atom is -0.476 e. The Morgan fingerprint density at radius 2 is 1.68 bits per heavy atom. The predicted octanol–water partition coefficient (Wildman–Crippen LogP) is 4.68. The number of carbonyl (C=O) groups is 2. The third kappa shape index (κ3) is 5.07. The van der Waals surface area contributed by atoms with Crippen LogP contribution in [0.3, 0.4) is 0 Å². The largest absolute Gasteiger partial charge is 0.476 e. The van der Waals surface area contributed by atoms with Gasteiger partial charge in [0.1, 0.15) is 5.75 Å². The van der Waals surface area contributed by atoms with E-state index in [0.29, 0.717) is 0 Å². The van der Waals surface area contributed by atoms with Crippen molar-refractivity contribution < 1.29 is 32.8 Å². The van der Waals surface area contributed by atoms with Crippen LogP contribution in [0.25, 0.3) is 0 Å². The van der Waals surface area contributed by atoms with E-state index in [4.69, 9.17) is 34.8 Å². The average Bonchev–Trinajstić information content (AvgIpc) is 2.72. The Morgan fingerprint density at radius 1 is 1.08 bits per heavy atom. The molecule has 4 nitrogen and oxygen atoms in total. The number of ketones is 1. The number of hydrogen-bond acceptors (Lipinski definition) is 4. The van der Waals surface area contributed by atoms with Gasteiger partial charge < -0.3 is 9.47 Å². The number of esters is 1. The van der Waals surface area contributed by atoms with E-state index in [1.165, 1.54) is 13.8 Å². The van der Waals surface area contributed by atoms with E-state index in [2.05, 4.69) is 0 Å². The molecule has 0 heterocycles. The molecule has 0 aliphatic rings. The fraction of sp³-hybridized carbons (Fsp3) is 0.300. The maximum atomic E-state index is 12.9. The lowest BCUT2D eigenvalue weighted by Crippen LogP contribution is -2.40. The quantitative estimate of drug-likeness (QED) is 0.547. The number of carbonyl (C=O) groups excluding carboxylic acids is 2. The van der Waals surface area contributed by atoms with Gasteiger partial charge in [-0.1, -0.05) is 11.6 Å². The van der Waals surface area contributed by atoms with E-state index in [1.807, 2.05) is 0 Å². The maximum Gasteiger partial charge on any atom is 0.350 e. The first-order chi connectivity index (χ1) is 15.9. The molecule has 2 rings (SSSR count). The summed E-state index contributed by atoms with van der Waals surface area (Å²) in [6.07, 6.45) is -0.837. The van der Waals surface area contributed by atoms with Gasteiger partial charge in [0.25, 0.3) is 0 Å². The van der Waals surface area contributed by atoms with Crippen LogP contribution in [0.5, 0.6) is 5.75 Å². The van der Waals surface area contributed by atoms with Crippen molar-refractivity contribution >= 4 is 23.4 Å². The average molecular weight is 371 g/mol. The van der Waals surface area contributed by atoms with E-state index in [0.717, 1.165) is 24.3 Å². The van der Waals surface area contributed by atoms with Gasteiger partial charge in [-0.2, -0.15) is 0 Å². The predicted molar refractivity (Wildman–Crippen MR) is 97.3 cm³/mol. The summed E-state index contributed by atoms with van der Waals surface area (Å²) in [5, 5.41) is -0.445. The monoisotopic (exact) mass is 370 g/mol. The molecule has 0 bridgehead atoms. The van der Waals surface area contributed by atoms with Gasteiger partial charge in [0.15, 0.2) is 11.4 Å². The topological polar surface area (TPSA) is 52.6 Å². The first-order valence-corrected chi connectivity index (χ1v) is 7.55. The zero-order chi connectivity index (χ0) is 27.1. The second-order valence-corrected chi connectivity index (χ2v) is 5.66. The van der Waals surface area contributed by atoms with Gasteiger partial charge in [-0.25, -0.2) is 4.79 Å². The van der Waals surface area contributed by atoms with Gasteiger partial charge in [-0.3, -0.25) is 4.79 Å². The molecule has 5 heteroatoms. The highest BCUT2D eigenvalue weighted by Crippen LogP contribution is 2.22. The molecule has 0 saturated heterocycles. The zero-order valence-corrected chi connectivity index (χ0v) is 14.2. The van der Waals surface area contributed by atoms with Gasteiger partial charge in [0.05, 0.1) is 11.6 Å². The Bertz CT molecular complexity index is 1100. The summed E-state index contributed by atoms with van der Waals surface area (Å²) >= 11 is 5.75. The molecular weight excluding hydrogens is 340 g/mol. The highest BCUT2D eigenvalue weighted by Gasteiger charge is 2.32. The smallest absolute Gasteiger partial charge is 0.350 e. The maximum absolute atomic E-state index is 12.9. The van der Waals surface area contributed by atoms with Crippen LogP contribution in [0.4, 0.5) is 0 Å². The van der Waals surface area contributed by atoms with Gasteiger partial charge in [0.2, 0.25) is 0 Å². The molecular formula is C20H21ClO4. The summed E-state index contributed by atoms with van der Waals surface area (Å²) < 4.78 is 88.1. The highest BCUT2D eigenvalue weighted by atomic mass is 35.5. The van der Waals surface area contributed by atoms with E-state index >= 15 is 0 Å². The fourth-order valence-corrected chi connectivity index (χ4v) is 1.84. The molecule has 0 amide bonds. The normalized spacial score (nSPS) is 18.1. The summed E-state index contributed by atoms with van der Waals surface area (Å²) in [6, 6.07) is 1.76. The van der Waals surface area contributed by atoms with Crippen LogP contribution in [0, 0.1) is 0 Å². The molecule has 2 aromatic carbocycles. The molecule has 0 radical (unpaired) electrons. The van der Waals surface area contributed by atoms with Crippen molar-refractivity contribution in [3.8, 4) is 5.75 Å². The second-order valence-electron chi connectivity index (χ2n) is 5.28. The van der Waals surface area contributed by atoms with Crippen molar-refractivity contribution in [2.24, 2.45) is 0 Å². The van der Waals surface area contributed by atoms with E-state index in [1.54, 1.807) is 0 Å². The third-order valence-electron chi connectivity index (χ3n) is 2.84. The van der Waals surface area contributed by atoms with Gasteiger partial charge in [0, 0.05) is 24.4 Å².